The van der Waals surface area contributed by atoms with E-state index in [1.165, 1.54) is 12.0 Å². The van der Waals surface area contributed by atoms with Crippen LogP contribution in [0.3, 0.4) is 0 Å². The number of likely N-dealkylation sites (tertiary alicyclic amines) is 1. The van der Waals surface area contributed by atoms with Crippen LogP contribution in [0.1, 0.15) is 59.3 Å². The molecular weight excluding hydrogens is 316 g/mol. The molecule has 0 radical (unpaired) electrons. The van der Waals surface area contributed by atoms with E-state index < -0.39 is 5.60 Å². The summed E-state index contributed by atoms with van der Waals surface area (Å²) in [4.78, 5) is 14.8. The lowest BCUT2D eigenvalue weighted by Crippen LogP contribution is -2.55. The summed E-state index contributed by atoms with van der Waals surface area (Å²) in [6, 6.07) is 0.0830. The summed E-state index contributed by atoms with van der Waals surface area (Å²) in [7, 11) is 0. The molecule has 2 heterocycles. The Bertz CT molecular complexity index is 527. The van der Waals surface area contributed by atoms with E-state index in [9.17, 15) is 9.90 Å². The quantitative estimate of drug-likeness (QED) is 0.766. The average Bonchev–Trinajstić information content (AvgIpc) is 3.24. The van der Waals surface area contributed by atoms with Crippen LogP contribution in [0.4, 0.5) is 4.79 Å². The Labute approximate surface area is 151 Å². The topological polar surface area (TPSA) is 61.8 Å². The van der Waals surface area contributed by atoms with Crippen molar-refractivity contribution in [2.45, 2.75) is 70.9 Å². The molecule has 3 unspecified atom stereocenters. The Balaban J connectivity index is 1.61. The number of urea groups is 1. The minimum Gasteiger partial charge on any atom is -0.390 e. The van der Waals surface area contributed by atoms with Crippen molar-refractivity contribution in [2.75, 3.05) is 26.3 Å². The van der Waals surface area contributed by atoms with Crippen molar-refractivity contribution in [3.8, 4) is 0 Å². The number of hydrogen-bond donors (Lipinski definition) is 2. The molecule has 3 aliphatic rings. The number of carbonyl (C=O) groups is 1. The first-order chi connectivity index (χ1) is 11.8. The molecule has 0 saturated carbocycles. The Morgan fingerprint density at radius 1 is 1.48 bits per heavy atom. The molecule has 2 fully saturated rings. The summed E-state index contributed by atoms with van der Waals surface area (Å²) in [5.41, 5.74) is 0.731. The molecule has 2 N–H and O–H groups in total. The largest absolute Gasteiger partial charge is 0.390 e. The van der Waals surface area contributed by atoms with Crippen molar-refractivity contribution in [3.05, 3.63) is 11.6 Å². The normalized spacial score (nSPS) is 33.4. The molecule has 5 nitrogen and oxygen atoms in total. The molecule has 0 aromatic carbocycles. The van der Waals surface area contributed by atoms with Crippen LogP contribution < -0.4 is 5.32 Å². The molecule has 25 heavy (non-hydrogen) atoms. The summed E-state index contributed by atoms with van der Waals surface area (Å²) < 4.78 is 5.61. The van der Waals surface area contributed by atoms with E-state index in [-0.39, 0.29) is 23.4 Å². The van der Waals surface area contributed by atoms with Gasteiger partial charge in [-0.2, -0.15) is 0 Å². The molecule has 3 atom stereocenters. The predicted molar refractivity (Wildman–Crippen MR) is 98.4 cm³/mol. The number of amides is 2. The molecule has 0 aromatic heterocycles. The fourth-order valence-corrected chi connectivity index (χ4v) is 4.64. The Hall–Kier alpha value is -1.07. The third-order valence-corrected chi connectivity index (χ3v) is 6.47. The lowest BCUT2D eigenvalue weighted by Gasteiger charge is -2.43. The number of ether oxygens (including phenoxy) is 1. The molecule has 1 aliphatic carbocycles. The maximum Gasteiger partial charge on any atom is 0.317 e. The van der Waals surface area contributed by atoms with Crippen LogP contribution in [0.5, 0.6) is 0 Å². The molecule has 0 spiro atoms. The van der Waals surface area contributed by atoms with E-state index in [2.05, 4.69) is 25.2 Å². The highest BCUT2D eigenvalue weighted by Crippen LogP contribution is 2.37. The van der Waals surface area contributed by atoms with Gasteiger partial charge in [-0.25, -0.2) is 4.79 Å². The van der Waals surface area contributed by atoms with Gasteiger partial charge in [0.2, 0.25) is 0 Å². The Kier molecular flexibility index (Phi) is 5.45. The first kappa shape index (κ1) is 18.7. The molecule has 0 aromatic rings. The molecule has 0 bridgehead atoms. The fourth-order valence-electron chi connectivity index (χ4n) is 4.64. The molecule has 2 aliphatic heterocycles. The van der Waals surface area contributed by atoms with E-state index in [0.29, 0.717) is 26.2 Å². The van der Waals surface area contributed by atoms with Gasteiger partial charge >= 0.3 is 6.03 Å². The SMILES string of the molecule is CC(C)(CNC(=O)N1CCCC1C1COCCC1(C)O)C1=CCCC1. The van der Waals surface area contributed by atoms with Gasteiger partial charge in [-0.3, -0.25) is 0 Å². The second kappa shape index (κ2) is 7.28. The number of nitrogens with zero attached hydrogens (tertiary/aromatic N) is 1. The standard InChI is InChI=1S/C20H34N2O3/c1-19(2,15-7-4-5-8-15)14-21-18(23)22-11-6-9-17(22)16-13-25-12-10-20(16,3)24/h7,16-17,24H,4-6,8-14H2,1-3H3,(H,21,23). The number of aliphatic hydroxyl groups is 1. The molecule has 2 amide bonds. The van der Waals surface area contributed by atoms with Crippen LogP contribution in [0, 0.1) is 11.3 Å². The van der Waals surface area contributed by atoms with Gasteiger partial charge in [-0.15, -0.1) is 0 Å². The number of carbonyl (C=O) groups excluding carboxylic acids is 1. The second-order valence-electron chi connectivity index (χ2n) is 8.86. The number of allylic oxidation sites excluding steroid dienone is 1. The van der Waals surface area contributed by atoms with Crippen LogP contribution in [0.25, 0.3) is 0 Å². The zero-order valence-electron chi connectivity index (χ0n) is 16.0. The van der Waals surface area contributed by atoms with Gasteiger partial charge in [-0.1, -0.05) is 25.5 Å². The summed E-state index contributed by atoms with van der Waals surface area (Å²) in [5.74, 6) is 0.0000469. The average molecular weight is 351 g/mol. The zero-order chi connectivity index (χ0) is 18.1. The number of hydrogen-bond acceptors (Lipinski definition) is 3. The summed E-state index contributed by atoms with van der Waals surface area (Å²) in [6.07, 6.45) is 8.48. The highest BCUT2D eigenvalue weighted by molar-refractivity contribution is 5.75. The Morgan fingerprint density at radius 3 is 2.96 bits per heavy atom. The third-order valence-electron chi connectivity index (χ3n) is 6.47. The first-order valence-electron chi connectivity index (χ1n) is 9.85. The predicted octanol–water partition coefficient (Wildman–Crippen LogP) is 3.08. The van der Waals surface area contributed by atoms with Crippen molar-refractivity contribution < 1.29 is 14.6 Å². The van der Waals surface area contributed by atoms with Crippen LogP contribution in [0.15, 0.2) is 11.6 Å². The smallest absolute Gasteiger partial charge is 0.317 e. The maximum absolute atomic E-state index is 12.8. The fraction of sp³-hybridized carbons (Fsp3) is 0.850. The van der Waals surface area contributed by atoms with Crippen LogP contribution >= 0.6 is 0 Å². The Morgan fingerprint density at radius 2 is 2.28 bits per heavy atom. The van der Waals surface area contributed by atoms with Crippen molar-refractivity contribution in [2.24, 2.45) is 11.3 Å². The summed E-state index contributed by atoms with van der Waals surface area (Å²) in [5, 5.41) is 13.9. The van der Waals surface area contributed by atoms with Gasteiger partial charge < -0.3 is 20.1 Å². The summed E-state index contributed by atoms with van der Waals surface area (Å²) in [6.45, 7) is 8.90. The minimum atomic E-state index is -0.750. The number of rotatable bonds is 4. The lowest BCUT2D eigenvalue weighted by molar-refractivity contribution is -0.119. The van der Waals surface area contributed by atoms with Gasteiger partial charge in [0, 0.05) is 37.1 Å². The van der Waals surface area contributed by atoms with E-state index in [0.717, 1.165) is 32.2 Å². The van der Waals surface area contributed by atoms with E-state index in [1.54, 1.807) is 0 Å². The van der Waals surface area contributed by atoms with Crippen molar-refractivity contribution in [3.63, 3.8) is 0 Å². The molecule has 3 rings (SSSR count). The highest BCUT2D eigenvalue weighted by Gasteiger charge is 2.45. The molecule has 2 saturated heterocycles. The van der Waals surface area contributed by atoms with E-state index in [1.807, 2.05) is 11.8 Å². The number of nitrogens with one attached hydrogen (secondary N) is 1. The van der Waals surface area contributed by atoms with Crippen molar-refractivity contribution in [1.82, 2.24) is 10.2 Å². The highest BCUT2D eigenvalue weighted by atomic mass is 16.5. The van der Waals surface area contributed by atoms with Gasteiger partial charge in [-0.05, 0) is 45.4 Å². The first-order valence-corrected chi connectivity index (χ1v) is 9.85. The van der Waals surface area contributed by atoms with E-state index >= 15 is 0 Å². The monoisotopic (exact) mass is 350 g/mol. The molecule has 5 heteroatoms. The van der Waals surface area contributed by atoms with Gasteiger partial charge in [0.15, 0.2) is 0 Å². The second-order valence-corrected chi connectivity index (χ2v) is 8.86. The third kappa shape index (κ3) is 4.03. The van der Waals surface area contributed by atoms with Crippen molar-refractivity contribution in [1.29, 1.82) is 0 Å². The molecule has 142 valence electrons. The van der Waals surface area contributed by atoms with Gasteiger partial charge in [0.1, 0.15) is 0 Å². The molecular formula is C20H34N2O3. The zero-order valence-corrected chi connectivity index (χ0v) is 16.0. The van der Waals surface area contributed by atoms with Crippen LogP contribution in [-0.4, -0.2) is 54.0 Å². The van der Waals surface area contributed by atoms with Crippen LogP contribution in [-0.2, 0) is 4.74 Å². The summed E-state index contributed by atoms with van der Waals surface area (Å²) >= 11 is 0. The van der Waals surface area contributed by atoms with Crippen molar-refractivity contribution >= 4 is 6.03 Å². The van der Waals surface area contributed by atoms with Crippen LogP contribution in [0.2, 0.25) is 0 Å². The van der Waals surface area contributed by atoms with Gasteiger partial charge in [0.25, 0.3) is 0 Å². The maximum atomic E-state index is 12.8. The lowest BCUT2D eigenvalue weighted by atomic mass is 9.79. The minimum absolute atomic E-state index is 0.0000469. The van der Waals surface area contributed by atoms with Gasteiger partial charge in [0.05, 0.1) is 12.2 Å². The van der Waals surface area contributed by atoms with E-state index in [4.69, 9.17) is 4.74 Å².